The molecular formula is C15H19N5O2. The second-order valence-electron chi connectivity index (χ2n) is 6.20. The maximum Gasteiger partial charge on any atom is 0.230 e. The van der Waals surface area contributed by atoms with E-state index in [-0.39, 0.29) is 18.4 Å². The molecule has 1 aliphatic carbocycles. The third-order valence-corrected chi connectivity index (χ3v) is 4.38. The van der Waals surface area contributed by atoms with Crippen molar-refractivity contribution in [3.05, 3.63) is 29.2 Å². The molecule has 1 aliphatic heterocycles. The van der Waals surface area contributed by atoms with Gasteiger partial charge in [-0.05, 0) is 26.7 Å². The summed E-state index contributed by atoms with van der Waals surface area (Å²) in [5.41, 5.74) is 0.795. The van der Waals surface area contributed by atoms with E-state index in [4.69, 9.17) is 4.52 Å². The average molecular weight is 301 g/mol. The first-order chi connectivity index (χ1) is 10.6. The highest BCUT2D eigenvalue weighted by Crippen LogP contribution is 2.39. The van der Waals surface area contributed by atoms with Gasteiger partial charge in [0, 0.05) is 18.5 Å². The number of aromatic nitrogens is 4. The summed E-state index contributed by atoms with van der Waals surface area (Å²) in [6.07, 6.45) is 2.62. The van der Waals surface area contributed by atoms with Gasteiger partial charge < -0.3 is 9.42 Å². The minimum Gasteiger partial charge on any atom is -0.361 e. The highest BCUT2D eigenvalue weighted by molar-refractivity contribution is 5.78. The second kappa shape index (κ2) is 4.93. The Kier molecular flexibility index (Phi) is 3.02. The van der Waals surface area contributed by atoms with Crippen molar-refractivity contribution in [1.29, 1.82) is 0 Å². The zero-order valence-corrected chi connectivity index (χ0v) is 12.8. The number of hydrogen-bond acceptors (Lipinski definition) is 5. The van der Waals surface area contributed by atoms with Crippen LogP contribution in [0.3, 0.4) is 0 Å². The molecule has 0 bridgehead atoms. The van der Waals surface area contributed by atoms with Crippen molar-refractivity contribution in [2.75, 3.05) is 6.54 Å². The van der Waals surface area contributed by atoms with Crippen LogP contribution in [0.1, 0.15) is 54.8 Å². The third-order valence-electron chi connectivity index (χ3n) is 4.38. The van der Waals surface area contributed by atoms with Gasteiger partial charge in [0.1, 0.15) is 11.6 Å². The summed E-state index contributed by atoms with van der Waals surface area (Å²) in [4.78, 5) is 19.1. The van der Waals surface area contributed by atoms with Gasteiger partial charge in [-0.1, -0.05) is 5.16 Å². The molecule has 7 nitrogen and oxygen atoms in total. The SMILES string of the molecule is Cc1cc(CC(=O)N2CCn3nc(C4CC4)nc3[C@H]2C)on1. The van der Waals surface area contributed by atoms with Crippen molar-refractivity contribution in [2.45, 2.75) is 51.6 Å². The monoisotopic (exact) mass is 301 g/mol. The molecule has 2 aromatic rings. The zero-order chi connectivity index (χ0) is 15.3. The minimum absolute atomic E-state index is 0.0471. The van der Waals surface area contributed by atoms with Gasteiger partial charge in [0.25, 0.3) is 0 Å². The van der Waals surface area contributed by atoms with Gasteiger partial charge in [-0.15, -0.1) is 0 Å². The van der Waals surface area contributed by atoms with Crippen LogP contribution in [-0.4, -0.2) is 37.3 Å². The molecule has 0 N–H and O–H groups in total. The van der Waals surface area contributed by atoms with Gasteiger partial charge in [-0.2, -0.15) is 5.10 Å². The molecule has 0 unspecified atom stereocenters. The first-order valence-electron chi connectivity index (χ1n) is 7.78. The number of aryl methyl sites for hydroxylation is 1. The average Bonchev–Trinajstić information content (AvgIpc) is 3.12. The normalized spacial score (nSPS) is 21.0. The highest BCUT2D eigenvalue weighted by atomic mass is 16.5. The topological polar surface area (TPSA) is 77.0 Å². The number of fused-ring (bicyclic) bond motifs is 1. The van der Waals surface area contributed by atoms with Gasteiger partial charge in [-0.3, -0.25) is 4.79 Å². The Balaban J connectivity index is 1.51. The Labute approximate surface area is 128 Å². The van der Waals surface area contributed by atoms with Crippen LogP contribution in [0, 0.1) is 6.92 Å². The predicted molar refractivity (Wildman–Crippen MR) is 77.1 cm³/mol. The molecule has 2 aromatic heterocycles. The quantitative estimate of drug-likeness (QED) is 0.860. The molecule has 0 radical (unpaired) electrons. The van der Waals surface area contributed by atoms with Crippen molar-refractivity contribution in [3.8, 4) is 0 Å². The Morgan fingerprint density at radius 1 is 1.41 bits per heavy atom. The van der Waals surface area contributed by atoms with Crippen molar-refractivity contribution >= 4 is 5.91 Å². The first kappa shape index (κ1) is 13.5. The van der Waals surface area contributed by atoms with Crippen LogP contribution in [0.2, 0.25) is 0 Å². The van der Waals surface area contributed by atoms with Gasteiger partial charge in [0.2, 0.25) is 5.91 Å². The Morgan fingerprint density at radius 3 is 2.91 bits per heavy atom. The van der Waals surface area contributed by atoms with Gasteiger partial charge in [0.15, 0.2) is 5.82 Å². The van der Waals surface area contributed by atoms with E-state index in [0.717, 1.165) is 17.3 Å². The van der Waals surface area contributed by atoms with Gasteiger partial charge in [0.05, 0.1) is 24.7 Å². The lowest BCUT2D eigenvalue weighted by atomic mass is 10.2. The summed E-state index contributed by atoms with van der Waals surface area (Å²) in [7, 11) is 0. The molecule has 0 saturated heterocycles. The van der Waals surface area contributed by atoms with Crippen LogP contribution < -0.4 is 0 Å². The first-order valence-corrected chi connectivity index (χ1v) is 7.78. The van der Waals surface area contributed by atoms with Gasteiger partial charge >= 0.3 is 0 Å². The number of amides is 1. The van der Waals surface area contributed by atoms with Crippen LogP contribution in [0.4, 0.5) is 0 Å². The van der Waals surface area contributed by atoms with E-state index in [1.54, 1.807) is 6.07 Å². The van der Waals surface area contributed by atoms with E-state index in [1.807, 2.05) is 23.4 Å². The molecule has 4 rings (SSSR count). The van der Waals surface area contributed by atoms with E-state index in [9.17, 15) is 4.79 Å². The fourth-order valence-corrected chi connectivity index (χ4v) is 2.99. The van der Waals surface area contributed by atoms with Crippen LogP contribution in [0.25, 0.3) is 0 Å². The number of hydrogen-bond donors (Lipinski definition) is 0. The summed E-state index contributed by atoms with van der Waals surface area (Å²) in [6.45, 7) is 5.23. The molecule has 3 heterocycles. The number of rotatable bonds is 3. The Morgan fingerprint density at radius 2 is 2.23 bits per heavy atom. The van der Waals surface area contributed by atoms with E-state index in [2.05, 4.69) is 15.2 Å². The molecule has 22 heavy (non-hydrogen) atoms. The molecule has 1 atom stereocenters. The molecule has 116 valence electrons. The summed E-state index contributed by atoms with van der Waals surface area (Å²) in [5.74, 6) is 3.04. The fourth-order valence-electron chi connectivity index (χ4n) is 2.99. The molecule has 2 aliphatic rings. The molecular weight excluding hydrogens is 282 g/mol. The number of carbonyl (C=O) groups is 1. The number of carbonyl (C=O) groups excluding carboxylic acids is 1. The smallest absolute Gasteiger partial charge is 0.230 e. The fraction of sp³-hybridized carbons (Fsp3) is 0.600. The standard InChI is InChI=1S/C15H19N5O2/c1-9-7-12(22-18-9)8-13(21)19-5-6-20-15(10(19)2)16-14(17-20)11-3-4-11/h7,10-11H,3-6,8H2,1-2H3/t10-/m1/s1. The molecule has 1 fully saturated rings. The van der Waals surface area contributed by atoms with E-state index >= 15 is 0 Å². The molecule has 0 aromatic carbocycles. The maximum atomic E-state index is 12.5. The summed E-state index contributed by atoms with van der Waals surface area (Å²) in [5, 5.41) is 8.41. The Bertz CT molecular complexity index is 715. The second-order valence-corrected chi connectivity index (χ2v) is 6.20. The van der Waals surface area contributed by atoms with Gasteiger partial charge in [-0.25, -0.2) is 9.67 Å². The summed E-state index contributed by atoms with van der Waals surface area (Å²) < 4.78 is 7.10. The van der Waals surface area contributed by atoms with Crippen molar-refractivity contribution in [1.82, 2.24) is 24.8 Å². The molecule has 7 heteroatoms. The lowest BCUT2D eigenvalue weighted by Gasteiger charge is -2.32. The molecule has 1 saturated carbocycles. The minimum atomic E-state index is -0.0507. The van der Waals surface area contributed by atoms with Crippen LogP contribution >= 0.6 is 0 Å². The van der Waals surface area contributed by atoms with Crippen LogP contribution in [0.5, 0.6) is 0 Å². The summed E-state index contributed by atoms with van der Waals surface area (Å²) in [6, 6.07) is 1.76. The van der Waals surface area contributed by atoms with E-state index in [0.29, 0.717) is 24.8 Å². The van der Waals surface area contributed by atoms with E-state index < -0.39 is 0 Å². The lowest BCUT2D eigenvalue weighted by Crippen LogP contribution is -2.42. The molecule has 1 amide bonds. The number of nitrogens with zero attached hydrogens (tertiary/aromatic N) is 5. The van der Waals surface area contributed by atoms with Crippen molar-refractivity contribution in [2.24, 2.45) is 0 Å². The third kappa shape index (κ3) is 2.30. The van der Waals surface area contributed by atoms with Crippen LogP contribution in [-0.2, 0) is 17.8 Å². The highest BCUT2D eigenvalue weighted by Gasteiger charge is 2.34. The lowest BCUT2D eigenvalue weighted by molar-refractivity contribution is -0.134. The molecule has 0 spiro atoms. The van der Waals surface area contributed by atoms with Crippen molar-refractivity contribution in [3.63, 3.8) is 0 Å². The van der Waals surface area contributed by atoms with Crippen molar-refractivity contribution < 1.29 is 9.32 Å². The van der Waals surface area contributed by atoms with Crippen LogP contribution in [0.15, 0.2) is 10.6 Å². The predicted octanol–water partition coefficient (Wildman–Crippen LogP) is 1.60. The largest absolute Gasteiger partial charge is 0.361 e. The Hall–Kier alpha value is -2.18. The van der Waals surface area contributed by atoms with E-state index in [1.165, 1.54) is 12.8 Å². The zero-order valence-electron chi connectivity index (χ0n) is 12.8. The maximum absolute atomic E-state index is 12.5. The summed E-state index contributed by atoms with van der Waals surface area (Å²) >= 11 is 0.